The SMILES string of the molecule is COc1ccc(CCC(=O)N(Cc2ccccc2Cl)C(C)C(=O)NC(C)(C)C)cc1OC. The van der Waals surface area contributed by atoms with Crippen molar-refractivity contribution in [1.29, 1.82) is 0 Å². The highest BCUT2D eigenvalue weighted by atomic mass is 35.5. The van der Waals surface area contributed by atoms with Gasteiger partial charge in [-0.2, -0.15) is 0 Å². The zero-order valence-electron chi connectivity index (χ0n) is 19.7. The van der Waals surface area contributed by atoms with E-state index in [0.29, 0.717) is 22.9 Å². The second kappa shape index (κ2) is 11.2. The lowest BCUT2D eigenvalue weighted by Gasteiger charge is -2.31. The zero-order chi connectivity index (χ0) is 23.9. The minimum absolute atomic E-state index is 0.128. The van der Waals surface area contributed by atoms with E-state index in [1.165, 1.54) is 0 Å². The second-order valence-electron chi connectivity index (χ2n) is 8.72. The fourth-order valence-electron chi connectivity index (χ4n) is 3.30. The number of carbonyl (C=O) groups is 2. The summed E-state index contributed by atoms with van der Waals surface area (Å²) >= 11 is 6.33. The van der Waals surface area contributed by atoms with E-state index in [0.717, 1.165) is 11.1 Å². The first-order valence-corrected chi connectivity index (χ1v) is 11.0. The van der Waals surface area contributed by atoms with Gasteiger partial charge in [-0.15, -0.1) is 0 Å². The van der Waals surface area contributed by atoms with Crippen molar-refractivity contribution < 1.29 is 19.1 Å². The topological polar surface area (TPSA) is 67.9 Å². The summed E-state index contributed by atoms with van der Waals surface area (Å²) in [7, 11) is 3.16. The van der Waals surface area contributed by atoms with E-state index < -0.39 is 11.6 Å². The molecule has 0 aliphatic rings. The highest BCUT2D eigenvalue weighted by Gasteiger charge is 2.28. The van der Waals surface area contributed by atoms with Crippen molar-refractivity contribution in [3.8, 4) is 11.5 Å². The molecule has 32 heavy (non-hydrogen) atoms. The first-order chi connectivity index (χ1) is 15.1. The maximum atomic E-state index is 13.3. The van der Waals surface area contributed by atoms with Gasteiger partial charge < -0.3 is 19.7 Å². The molecule has 2 aromatic carbocycles. The summed E-state index contributed by atoms with van der Waals surface area (Å²) in [5, 5.41) is 3.52. The first kappa shape index (κ1) is 25.5. The van der Waals surface area contributed by atoms with Crippen molar-refractivity contribution in [2.45, 2.75) is 58.7 Å². The van der Waals surface area contributed by atoms with Crippen LogP contribution in [-0.2, 0) is 22.6 Å². The lowest BCUT2D eigenvalue weighted by Crippen LogP contribution is -2.52. The molecule has 0 aliphatic carbocycles. The predicted molar refractivity (Wildman–Crippen MR) is 127 cm³/mol. The van der Waals surface area contributed by atoms with E-state index in [1.807, 2.05) is 57.2 Å². The number of halogens is 1. The maximum Gasteiger partial charge on any atom is 0.242 e. The minimum atomic E-state index is -0.650. The maximum absolute atomic E-state index is 13.3. The average Bonchev–Trinajstić information content (AvgIpc) is 2.75. The van der Waals surface area contributed by atoms with Crippen molar-refractivity contribution in [3.05, 3.63) is 58.6 Å². The monoisotopic (exact) mass is 460 g/mol. The van der Waals surface area contributed by atoms with Crippen LogP contribution in [0.25, 0.3) is 0 Å². The van der Waals surface area contributed by atoms with E-state index in [2.05, 4.69) is 5.32 Å². The lowest BCUT2D eigenvalue weighted by molar-refractivity contribution is -0.141. The third-order valence-corrected chi connectivity index (χ3v) is 5.41. The van der Waals surface area contributed by atoms with Gasteiger partial charge >= 0.3 is 0 Å². The number of aryl methyl sites for hydroxylation is 1. The van der Waals surface area contributed by atoms with E-state index in [1.54, 1.807) is 32.1 Å². The molecule has 6 nitrogen and oxygen atoms in total. The molecule has 0 heterocycles. The molecule has 2 aromatic rings. The Balaban J connectivity index is 2.21. The number of amides is 2. The molecule has 0 bridgehead atoms. The standard InChI is InChI=1S/C25H33ClN2O4/c1-17(24(30)27-25(2,3)4)28(16-19-9-7-8-10-20(19)26)23(29)14-12-18-11-13-21(31-5)22(15-18)32-6/h7-11,13,15,17H,12,14,16H2,1-6H3,(H,27,30). The minimum Gasteiger partial charge on any atom is -0.493 e. The third kappa shape index (κ3) is 7.16. The number of rotatable bonds is 9. The van der Waals surface area contributed by atoms with Crippen LogP contribution >= 0.6 is 11.6 Å². The number of carbonyl (C=O) groups excluding carboxylic acids is 2. The molecule has 0 spiro atoms. The molecule has 0 saturated carbocycles. The summed E-state index contributed by atoms with van der Waals surface area (Å²) in [4.78, 5) is 27.7. The molecule has 1 N–H and O–H groups in total. The molecule has 2 amide bonds. The van der Waals surface area contributed by atoms with Gasteiger partial charge in [-0.05, 0) is 63.4 Å². The largest absolute Gasteiger partial charge is 0.493 e. The molecule has 7 heteroatoms. The Morgan fingerprint density at radius 1 is 1.06 bits per heavy atom. The number of nitrogens with one attached hydrogen (secondary N) is 1. The Hall–Kier alpha value is -2.73. The fourth-order valence-corrected chi connectivity index (χ4v) is 3.49. The predicted octanol–water partition coefficient (Wildman–Crippen LogP) is 4.62. The van der Waals surface area contributed by atoms with Gasteiger partial charge in [0, 0.05) is 23.5 Å². The Morgan fingerprint density at radius 2 is 1.72 bits per heavy atom. The Morgan fingerprint density at radius 3 is 2.31 bits per heavy atom. The Bertz CT molecular complexity index is 940. The van der Waals surface area contributed by atoms with Crippen LogP contribution in [0.3, 0.4) is 0 Å². The van der Waals surface area contributed by atoms with Crippen LogP contribution in [0.2, 0.25) is 5.02 Å². The average molecular weight is 461 g/mol. The van der Waals surface area contributed by atoms with E-state index in [4.69, 9.17) is 21.1 Å². The van der Waals surface area contributed by atoms with Gasteiger partial charge in [0.05, 0.1) is 14.2 Å². The summed E-state index contributed by atoms with van der Waals surface area (Å²) in [5.74, 6) is 0.916. The molecule has 0 aromatic heterocycles. The molecule has 0 radical (unpaired) electrons. The number of hydrogen-bond donors (Lipinski definition) is 1. The van der Waals surface area contributed by atoms with E-state index in [-0.39, 0.29) is 24.8 Å². The quantitative estimate of drug-likeness (QED) is 0.592. The summed E-state index contributed by atoms with van der Waals surface area (Å²) in [6.45, 7) is 7.73. The number of benzene rings is 2. The van der Waals surface area contributed by atoms with Gasteiger partial charge in [0.25, 0.3) is 0 Å². The second-order valence-corrected chi connectivity index (χ2v) is 9.12. The fraction of sp³-hybridized carbons (Fsp3) is 0.440. The number of ether oxygens (including phenoxy) is 2. The van der Waals surface area contributed by atoms with Crippen LogP contribution in [0.5, 0.6) is 11.5 Å². The normalized spacial score (nSPS) is 12.1. The van der Waals surface area contributed by atoms with Crippen molar-refractivity contribution in [2.24, 2.45) is 0 Å². The molecule has 1 atom stereocenters. The third-order valence-electron chi connectivity index (χ3n) is 5.04. The number of hydrogen-bond acceptors (Lipinski definition) is 4. The first-order valence-electron chi connectivity index (χ1n) is 10.6. The molecule has 1 unspecified atom stereocenters. The number of methoxy groups -OCH3 is 2. The molecule has 2 rings (SSSR count). The van der Waals surface area contributed by atoms with Gasteiger partial charge in [-0.25, -0.2) is 0 Å². The van der Waals surface area contributed by atoms with Gasteiger partial charge in [0.15, 0.2) is 11.5 Å². The van der Waals surface area contributed by atoms with Crippen LogP contribution in [0, 0.1) is 0 Å². The Kier molecular flexibility index (Phi) is 8.96. The molecule has 0 fully saturated rings. The highest BCUT2D eigenvalue weighted by Crippen LogP contribution is 2.28. The lowest BCUT2D eigenvalue weighted by atomic mass is 10.1. The molecule has 0 saturated heterocycles. The summed E-state index contributed by atoms with van der Waals surface area (Å²) in [6.07, 6.45) is 0.749. The van der Waals surface area contributed by atoms with Crippen LogP contribution < -0.4 is 14.8 Å². The molecular weight excluding hydrogens is 428 g/mol. The molecular formula is C25H33ClN2O4. The van der Waals surface area contributed by atoms with Crippen molar-refractivity contribution >= 4 is 23.4 Å². The summed E-state index contributed by atoms with van der Waals surface area (Å²) < 4.78 is 10.6. The van der Waals surface area contributed by atoms with Crippen molar-refractivity contribution in [2.75, 3.05) is 14.2 Å². The summed E-state index contributed by atoms with van der Waals surface area (Å²) in [6, 6.07) is 12.3. The van der Waals surface area contributed by atoms with E-state index >= 15 is 0 Å². The zero-order valence-corrected chi connectivity index (χ0v) is 20.5. The molecule has 0 aliphatic heterocycles. The van der Waals surface area contributed by atoms with Crippen LogP contribution in [0.15, 0.2) is 42.5 Å². The van der Waals surface area contributed by atoms with Crippen LogP contribution in [-0.4, -0.2) is 42.5 Å². The van der Waals surface area contributed by atoms with Gasteiger partial charge in [0.2, 0.25) is 11.8 Å². The molecule has 174 valence electrons. The highest BCUT2D eigenvalue weighted by molar-refractivity contribution is 6.31. The van der Waals surface area contributed by atoms with Gasteiger partial charge in [0.1, 0.15) is 6.04 Å². The number of nitrogens with zero attached hydrogens (tertiary/aromatic N) is 1. The summed E-state index contributed by atoms with van der Waals surface area (Å²) in [5.41, 5.74) is 1.34. The smallest absolute Gasteiger partial charge is 0.242 e. The van der Waals surface area contributed by atoms with Crippen LogP contribution in [0.4, 0.5) is 0 Å². The van der Waals surface area contributed by atoms with Crippen molar-refractivity contribution in [1.82, 2.24) is 10.2 Å². The Labute approximate surface area is 195 Å². The van der Waals surface area contributed by atoms with Gasteiger partial charge in [-0.1, -0.05) is 35.9 Å². The van der Waals surface area contributed by atoms with Crippen LogP contribution in [0.1, 0.15) is 45.2 Å². The van der Waals surface area contributed by atoms with E-state index in [9.17, 15) is 9.59 Å². The van der Waals surface area contributed by atoms with Crippen molar-refractivity contribution in [3.63, 3.8) is 0 Å². The van der Waals surface area contributed by atoms with Gasteiger partial charge in [-0.3, -0.25) is 9.59 Å².